The first-order valence-electron chi connectivity index (χ1n) is 5.76. The maximum absolute atomic E-state index is 8.89. The molecule has 1 rings (SSSR count). The average molecular weight is 223 g/mol. The number of aromatic nitrogens is 1. The van der Waals surface area contributed by atoms with Crippen LogP contribution in [0.2, 0.25) is 0 Å². The molecule has 3 heteroatoms. The predicted octanol–water partition coefficient (Wildman–Crippen LogP) is 1.09. The van der Waals surface area contributed by atoms with Crippen LogP contribution in [-0.2, 0) is 17.8 Å². The van der Waals surface area contributed by atoms with Gasteiger partial charge in [-0.1, -0.05) is 26.3 Å². The number of rotatable bonds is 4. The van der Waals surface area contributed by atoms with E-state index in [0.29, 0.717) is 0 Å². The molecule has 0 atom stereocenters. The minimum Gasteiger partial charge on any atom is -0.550 e. The number of carboxylic acid groups (broad SMARTS) is 1. The highest BCUT2D eigenvalue weighted by molar-refractivity contribution is 5.60. The molecule has 3 nitrogen and oxygen atoms in total. The lowest BCUT2D eigenvalue weighted by Gasteiger charge is -1.99. The summed E-state index contributed by atoms with van der Waals surface area (Å²) in [7, 11) is 0. The fraction of sp³-hybridized carbons (Fsp3) is 0.538. The number of hydrogen-bond donors (Lipinski definition) is 0. The summed E-state index contributed by atoms with van der Waals surface area (Å²) in [6.07, 6.45) is 5.85. The topological polar surface area (TPSA) is 44.0 Å². The third-order valence-electron chi connectivity index (χ3n) is 2.15. The van der Waals surface area contributed by atoms with Gasteiger partial charge in [-0.15, -0.1) is 0 Å². The number of aryl methyl sites for hydroxylation is 2. The van der Waals surface area contributed by atoms with Crippen molar-refractivity contribution in [2.24, 2.45) is 0 Å². The van der Waals surface area contributed by atoms with E-state index in [2.05, 4.69) is 42.8 Å². The van der Waals surface area contributed by atoms with Gasteiger partial charge in [0, 0.05) is 30.9 Å². The van der Waals surface area contributed by atoms with Crippen LogP contribution in [0.25, 0.3) is 0 Å². The van der Waals surface area contributed by atoms with E-state index in [0.717, 1.165) is 13.3 Å². The quantitative estimate of drug-likeness (QED) is 0.717. The van der Waals surface area contributed by atoms with Crippen molar-refractivity contribution in [1.82, 2.24) is 0 Å². The van der Waals surface area contributed by atoms with Gasteiger partial charge in [-0.3, -0.25) is 0 Å². The van der Waals surface area contributed by atoms with Crippen molar-refractivity contribution >= 4 is 5.97 Å². The Hall–Kier alpha value is -1.38. The van der Waals surface area contributed by atoms with Gasteiger partial charge in [0.15, 0.2) is 11.9 Å². The molecule has 0 bridgehead atoms. The lowest BCUT2D eigenvalue weighted by molar-refractivity contribution is -0.704. The molecular formula is C13H21NO2. The normalized spacial score (nSPS) is 9.19. The Kier molecular flexibility index (Phi) is 8.12. The summed E-state index contributed by atoms with van der Waals surface area (Å²) in [5.41, 5.74) is 1.44. The largest absolute Gasteiger partial charge is 0.550 e. The molecule has 0 amide bonds. The first-order chi connectivity index (χ1) is 7.61. The Morgan fingerprint density at radius 1 is 1.38 bits per heavy atom. The highest BCUT2D eigenvalue weighted by Crippen LogP contribution is 1.94. The van der Waals surface area contributed by atoms with E-state index in [1.54, 1.807) is 0 Å². The second-order valence-corrected chi connectivity index (χ2v) is 3.58. The molecule has 0 aliphatic heterocycles. The molecule has 0 spiro atoms. The van der Waals surface area contributed by atoms with Gasteiger partial charge in [0.25, 0.3) is 0 Å². The smallest absolute Gasteiger partial charge is 0.181 e. The first kappa shape index (κ1) is 14.6. The van der Waals surface area contributed by atoms with E-state index in [1.807, 2.05) is 0 Å². The summed E-state index contributed by atoms with van der Waals surface area (Å²) < 4.78 is 2.35. The number of carbonyl (C=O) groups excluding carboxylic acids is 1. The van der Waals surface area contributed by atoms with Crippen LogP contribution in [0, 0.1) is 0 Å². The van der Waals surface area contributed by atoms with E-state index in [1.165, 1.54) is 25.1 Å². The van der Waals surface area contributed by atoms with Crippen LogP contribution in [-0.4, -0.2) is 5.97 Å². The highest BCUT2D eigenvalue weighted by Gasteiger charge is 2.04. The zero-order valence-electron chi connectivity index (χ0n) is 10.4. The zero-order chi connectivity index (χ0) is 12.4. The summed E-state index contributed by atoms with van der Waals surface area (Å²) >= 11 is 0. The summed E-state index contributed by atoms with van der Waals surface area (Å²) in [6.45, 7) is 6.58. The summed E-state index contributed by atoms with van der Waals surface area (Å²) in [4.78, 5) is 8.89. The van der Waals surface area contributed by atoms with Crippen molar-refractivity contribution in [1.29, 1.82) is 0 Å². The number of aliphatic carboxylic acids is 1. The average Bonchev–Trinajstić information content (AvgIpc) is 2.26. The molecule has 90 valence electrons. The third-order valence-corrected chi connectivity index (χ3v) is 2.15. The third kappa shape index (κ3) is 6.98. The van der Waals surface area contributed by atoms with Crippen LogP contribution in [0.5, 0.6) is 0 Å². The van der Waals surface area contributed by atoms with Crippen LogP contribution >= 0.6 is 0 Å². The molecule has 1 aromatic heterocycles. The van der Waals surface area contributed by atoms with Crippen molar-refractivity contribution in [3.05, 3.63) is 30.1 Å². The van der Waals surface area contributed by atoms with E-state index in [4.69, 9.17) is 9.90 Å². The Morgan fingerprint density at radius 2 is 2.00 bits per heavy atom. The second kappa shape index (κ2) is 8.89. The Labute approximate surface area is 97.7 Å². The molecule has 16 heavy (non-hydrogen) atoms. The molecule has 0 fully saturated rings. The number of carbonyl (C=O) groups is 1. The second-order valence-electron chi connectivity index (χ2n) is 3.58. The van der Waals surface area contributed by atoms with Crippen molar-refractivity contribution < 1.29 is 14.5 Å². The lowest BCUT2D eigenvalue weighted by atomic mass is 10.2. The number of hydrogen-bond acceptors (Lipinski definition) is 2. The predicted molar refractivity (Wildman–Crippen MR) is 61.6 cm³/mol. The van der Waals surface area contributed by atoms with Crippen molar-refractivity contribution in [3.63, 3.8) is 0 Å². The van der Waals surface area contributed by atoms with Gasteiger partial charge < -0.3 is 9.90 Å². The molecule has 0 aliphatic rings. The lowest BCUT2D eigenvalue weighted by Crippen LogP contribution is -2.37. The molecule has 1 aromatic rings. The Balaban J connectivity index is 0.000000487. The molecule has 0 unspecified atom stereocenters. The highest BCUT2D eigenvalue weighted by atomic mass is 16.4. The molecule has 0 N–H and O–H groups in total. The molecule has 0 aliphatic carbocycles. The van der Waals surface area contributed by atoms with Crippen LogP contribution in [0.15, 0.2) is 24.4 Å². The van der Waals surface area contributed by atoms with Gasteiger partial charge >= 0.3 is 0 Å². The molecule has 0 saturated heterocycles. The van der Waals surface area contributed by atoms with Gasteiger partial charge in [0.2, 0.25) is 0 Å². The minimum absolute atomic E-state index is 0.972. The molecule has 0 saturated carbocycles. The zero-order valence-corrected chi connectivity index (χ0v) is 10.4. The summed E-state index contributed by atoms with van der Waals surface area (Å²) in [5.74, 6) is -1.08. The minimum atomic E-state index is -1.08. The maximum atomic E-state index is 8.89. The fourth-order valence-electron chi connectivity index (χ4n) is 1.38. The van der Waals surface area contributed by atoms with Crippen LogP contribution in [0.4, 0.5) is 0 Å². The monoisotopic (exact) mass is 223 g/mol. The number of pyridine rings is 1. The van der Waals surface area contributed by atoms with Gasteiger partial charge in [-0.2, -0.15) is 0 Å². The van der Waals surface area contributed by atoms with Crippen molar-refractivity contribution in [2.75, 3.05) is 0 Å². The number of carboxylic acids is 1. The van der Waals surface area contributed by atoms with Crippen LogP contribution < -0.4 is 9.67 Å². The molecule has 0 radical (unpaired) electrons. The van der Waals surface area contributed by atoms with Gasteiger partial charge in [-0.25, -0.2) is 4.57 Å². The number of nitrogens with zero attached hydrogens (tertiary/aromatic N) is 1. The van der Waals surface area contributed by atoms with Crippen LogP contribution in [0.3, 0.4) is 0 Å². The van der Waals surface area contributed by atoms with Crippen LogP contribution in [0.1, 0.15) is 39.3 Å². The van der Waals surface area contributed by atoms with Crippen molar-refractivity contribution in [2.45, 2.75) is 46.6 Å². The molecule has 0 aromatic carbocycles. The standard InChI is InChI=1S/C11H18N.C2H4O2/c1-3-5-9-12-10-7-6-8-11(12)4-2;1-2(3)4/h6-8,10H,3-5,9H2,1-2H3;1H3,(H,3,4)/q+1;/p-1. The molecular weight excluding hydrogens is 202 g/mol. The SMILES string of the molecule is CC(=O)[O-].CCCC[n+]1ccccc1CC. The van der Waals surface area contributed by atoms with E-state index < -0.39 is 5.97 Å². The van der Waals surface area contributed by atoms with E-state index in [-0.39, 0.29) is 0 Å². The maximum Gasteiger partial charge on any atom is 0.181 e. The Bertz CT molecular complexity index is 307. The Morgan fingerprint density at radius 3 is 2.50 bits per heavy atom. The summed E-state index contributed by atoms with van der Waals surface area (Å²) in [5, 5.41) is 8.89. The fourth-order valence-corrected chi connectivity index (χ4v) is 1.38. The van der Waals surface area contributed by atoms with E-state index in [9.17, 15) is 0 Å². The first-order valence-corrected chi connectivity index (χ1v) is 5.76. The van der Waals surface area contributed by atoms with Crippen molar-refractivity contribution in [3.8, 4) is 0 Å². The summed E-state index contributed by atoms with van der Waals surface area (Å²) in [6, 6.07) is 6.42. The van der Waals surface area contributed by atoms with Gasteiger partial charge in [0.1, 0.15) is 6.54 Å². The molecule has 1 heterocycles. The van der Waals surface area contributed by atoms with E-state index >= 15 is 0 Å². The van der Waals surface area contributed by atoms with Gasteiger partial charge in [-0.05, 0) is 6.92 Å². The number of unbranched alkanes of at least 4 members (excludes halogenated alkanes) is 1. The van der Waals surface area contributed by atoms with Gasteiger partial charge in [0.05, 0.1) is 0 Å².